The quantitative estimate of drug-likeness (QED) is 0.545. The van der Waals surface area contributed by atoms with E-state index < -0.39 is 0 Å². The van der Waals surface area contributed by atoms with Gasteiger partial charge in [0.25, 0.3) is 0 Å². The molecule has 5 heterocycles. The summed E-state index contributed by atoms with van der Waals surface area (Å²) in [6, 6.07) is 9.79. The Labute approximate surface area is 182 Å². The number of likely N-dealkylation sites (tertiary alicyclic amines) is 1. The van der Waals surface area contributed by atoms with Crippen molar-refractivity contribution in [2.45, 2.75) is 50.7 Å². The Morgan fingerprint density at radius 1 is 1.20 bits per heavy atom. The van der Waals surface area contributed by atoms with Crippen molar-refractivity contribution in [3.63, 3.8) is 0 Å². The first-order valence-electron chi connectivity index (χ1n) is 11.0. The lowest BCUT2D eigenvalue weighted by Crippen LogP contribution is -2.52. The van der Waals surface area contributed by atoms with Gasteiger partial charge in [-0.05, 0) is 75.5 Å². The second kappa shape index (κ2) is 8.53. The van der Waals surface area contributed by atoms with E-state index in [0.717, 1.165) is 66.5 Å². The Morgan fingerprint density at radius 3 is 2.90 bits per heavy atom. The number of piperidine rings is 2. The van der Waals surface area contributed by atoms with Gasteiger partial charge in [-0.15, -0.1) is 0 Å². The third kappa shape index (κ3) is 4.04. The number of fused-ring (bicyclic) bond motifs is 1. The molecule has 2 aliphatic rings. The lowest BCUT2D eigenvalue weighted by atomic mass is 9.93. The van der Waals surface area contributed by atoms with Crippen LogP contribution < -0.4 is 10.6 Å². The molecule has 2 aliphatic heterocycles. The van der Waals surface area contributed by atoms with Crippen LogP contribution in [0.15, 0.2) is 36.7 Å². The van der Waals surface area contributed by atoms with Gasteiger partial charge in [0.15, 0.2) is 0 Å². The molecule has 30 heavy (non-hydrogen) atoms. The van der Waals surface area contributed by atoms with Crippen molar-refractivity contribution in [1.82, 2.24) is 25.2 Å². The molecule has 0 amide bonds. The largest absolute Gasteiger partial charge is 0.367 e. The number of aromatic nitrogens is 3. The SMILES string of the molecule is C[C@@H]1CC(Nc2cc(-c3c[nH]c4ncccc34)cc(Cl)n2)CCN1C1CCNCC1. The molecule has 6 nitrogen and oxygen atoms in total. The van der Waals surface area contributed by atoms with Gasteiger partial charge >= 0.3 is 0 Å². The van der Waals surface area contributed by atoms with E-state index in [1.54, 1.807) is 6.20 Å². The summed E-state index contributed by atoms with van der Waals surface area (Å²) >= 11 is 6.40. The van der Waals surface area contributed by atoms with Gasteiger partial charge in [-0.25, -0.2) is 9.97 Å². The zero-order chi connectivity index (χ0) is 20.5. The molecule has 3 aromatic heterocycles. The lowest BCUT2D eigenvalue weighted by Gasteiger charge is -2.44. The molecule has 3 N–H and O–H groups in total. The minimum Gasteiger partial charge on any atom is -0.367 e. The van der Waals surface area contributed by atoms with Crippen molar-refractivity contribution in [2.24, 2.45) is 0 Å². The molecule has 0 radical (unpaired) electrons. The number of hydrogen-bond donors (Lipinski definition) is 3. The summed E-state index contributed by atoms with van der Waals surface area (Å²) in [7, 11) is 0. The van der Waals surface area contributed by atoms with E-state index >= 15 is 0 Å². The zero-order valence-electron chi connectivity index (χ0n) is 17.4. The highest BCUT2D eigenvalue weighted by Gasteiger charge is 2.31. The fraction of sp³-hybridized carbons (Fsp3) is 0.478. The predicted octanol–water partition coefficient (Wildman–Crippen LogP) is 4.30. The predicted molar refractivity (Wildman–Crippen MR) is 123 cm³/mol. The molecule has 158 valence electrons. The fourth-order valence-corrected chi connectivity index (χ4v) is 5.34. The van der Waals surface area contributed by atoms with Gasteiger partial charge < -0.3 is 15.6 Å². The molecule has 0 aliphatic carbocycles. The van der Waals surface area contributed by atoms with Crippen LogP contribution in [0.1, 0.15) is 32.6 Å². The summed E-state index contributed by atoms with van der Waals surface area (Å²) in [5.74, 6) is 0.850. The van der Waals surface area contributed by atoms with E-state index in [1.165, 1.54) is 12.8 Å². The zero-order valence-corrected chi connectivity index (χ0v) is 18.1. The summed E-state index contributed by atoms with van der Waals surface area (Å²) in [5, 5.41) is 8.74. The number of aromatic amines is 1. The molecule has 0 aromatic carbocycles. The van der Waals surface area contributed by atoms with Crippen molar-refractivity contribution in [1.29, 1.82) is 0 Å². The van der Waals surface area contributed by atoms with E-state index in [0.29, 0.717) is 17.2 Å². The summed E-state index contributed by atoms with van der Waals surface area (Å²) < 4.78 is 0. The van der Waals surface area contributed by atoms with Gasteiger partial charge in [-0.3, -0.25) is 4.90 Å². The van der Waals surface area contributed by atoms with Crippen LogP contribution in [-0.2, 0) is 0 Å². The minimum atomic E-state index is 0.418. The average Bonchev–Trinajstić information content (AvgIpc) is 3.18. The van der Waals surface area contributed by atoms with Crippen LogP contribution in [-0.4, -0.2) is 57.6 Å². The summed E-state index contributed by atoms with van der Waals surface area (Å²) in [4.78, 5) is 14.9. The third-order valence-corrected chi connectivity index (χ3v) is 6.81. The minimum absolute atomic E-state index is 0.418. The topological polar surface area (TPSA) is 68.9 Å². The van der Waals surface area contributed by atoms with Gasteiger partial charge in [0, 0.05) is 48.0 Å². The number of anilines is 1. The first-order valence-corrected chi connectivity index (χ1v) is 11.4. The third-order valence-electron chi connectivity index (χ3n) is 6.61. The van der Waals surface area contributed by atoms with Crippen LogP contribution >= 0.6 is 11.6 Å². The maximum Gasteiger partial charge on any atom is 0.137 e. The Bertz CT molecular complexity index is 1010. The van der Waals surface area contributed by atoms with Crippen molar-refractivity contribution in [2.75, 3.05) is 25.0 Å². The Balaban J connectivity index is 1.31. The Kier molecular flexibility index (Phi) is 5.63. The van der Waals surface area contributed by atoms with Crippen LogP contribution in [0.2, 0.25) is 5.15 Å². The molecule has 1 unspecified atom stereocenters. The maximum atomic E-state index is 6.40. The highest BCUT2D eigenvalue weighted by atomic mass is 35.5. The Hall–Kier alpha value is -2.15. The van der Waals surface area contributed by atoms with Gasteiger partial charge in [0.05, 0.1) is 0 Å². The molecule has 2 atom stereocenters. The number of H-pyrrole nitrogens is 1. The van der Waals surface area contributed by atoms with E-state index in [1.807, 2.05) is 18.3 Å². The van der Waals surface area contributed by atoms with E-state index in [4.69, 9.17) is 11.6 Å². The van der Waals surface area contributed by atoms with Crippen molar-refractivity contribution in [3.05, 3.63) is 41.8 Å². The molecule has 2 saturated heterocycles. The number of hydrogen-bond acceptors (Lipinski definition) is 5. The van der Waals surface area contributed by atoms with Crippen LogP contribution in [0.5, 0.6) is 0 Å². The summed E-state index contributed by atoms with van der Waals surface area (Å²) in [6.07, 6.45) is 8.58. The highest BCUT2D eigenvalue weighted by Crippen LogP contribution is 2.32. The normalized spacial score (nSPS) is 23.7. The van der Waals surface area contributed by atoms with Gasteiger partial charge in [0.2, 0.25) is 0 Å². The van der Waals surface area contributed by atoms with Gasteiger partial charge in [0.1, 0.15) is 16.6 Å². The second-order valence-electron chi connectivity index (χ2n) is 8.60. The average molecular weight is 425 g/mol. The molecule has 2 fully saturated rings. The van der Waals surface area contributed by atoms with Gasteiger partial charge in [-0.1, -0.05) is 11.6 Å². The fourth-order valence-electron chi connectivity index (χ4n) is 5.13. The van der Waals surface area contributed by atoms with Crippen LogP contribution in [0.3, 0.4) is 0 Å². The van der Waals surface area contributed by atoms with Crippen molar-refractivity contribution in [3.8, 4) is 11.1 Å². The summed E-state index contributed by atoms with van der Waals surface area (Å²) in [6.45, 7) is 5.80. The van der Waals surface area contributed by atoms with E-state index in [2.05, 4.69) is 49.5 Å². The number of rotatable bonds is 4. The van der Waals surface area contributed by atoms with E-state index in [-0.39, 0.29) is 0 Å². The van der Waals surface area contributed by atoms with Crippen molar-refractivity contribution >= 4 is 28.5 Å². The molecule has 0 spiro atoms. The monoisotopic (exact) mass is 424 g/mol. The highest BCUT2D eigenvalue weighted by molar-refractivity contribution is 6.29. The number of halogens is 1. The van der Waals surface area contributed by atoms with Crippen LogP contribution in [0.25, 0.3) is 22.2 Å². The van der Waals surface area contributed by atoms with Crippen LogP contribution in [0.4, 0.5) is 5.82 Å². The molecule has 5 rings (SSSR count). The first-order chi connectivity index (χ1) is 14.7. The number of pyridine rings is 2. The number of nitrogens with zero attached hydrogens (tertiary/aromatic N) is 3. The maximum absolute atomic E-state index is 6.40. The standard InChI is InChI=1S/C23H29ClN6/c1-15-11-17(6-10-30(15)18-4-8-25-9-5-18)28-22-13-16(12-21(24)29-22)20-14-27-23-19(20)3-2-7-26-23/h2-3,7,12-15,17-18,25H,4-6,8-11H2,1H3,(H,26,27)(H,28,29)/t15-,17?/m1/s1. The van der Waals surface area contributed by atoms with Crippen molar-refractivity contribution < 1.29 is 0 Å². The summed E-state index contributed by atoms with van der Waals surface area (Å²) in [5.41, 5.74) is 3.03. The second-order valence-corrected chi connectivity index (χ2v) is 8.99. The molecule has 0 saturated carbocycles. The number of nitrogens with one attached hydrogen (secondary N) is 3. The molecular weight excluding hydrogens is 396 g/mol. The molecule has 3 aromatic rings. The smallest absolute Gasteiger partial charge is 0.137 e. The van der Waals surface area contributed by atoms with Crippen LogP contribution in [0, 0.1) is 0 Å². The first kappa shape index (κ1) is 19.8. The van der Waals surface area contributed by atoms with Gasteiger partial charge in [-0.2, -0.15) is 0 Å². The lowest BCUT2D eigenvalue weighted by molar-refractivity contribution is 0.0809. The molecule has 0 bridgehead atoms. The van der Waals surface area contributed by atoms with E-state index in [9.17, 15) is 0 Å². The molecular formula is C23H29ClN6. The Morgan fingerprint density at radius 2 is 2.07 bits per heavy atom. The molecule has 7 heteroatoms.